The molecule has 0 unspecified atom stereocenters. The van der Waals surface area contributed by atoms with Crippen LogP contribution in [0.2, 0.25) is 0 Å². The highest BCUT2D eigenvalue weighted by Gasteiger charge is 2.21. The van der Waals surface area contributed by atoms with Gasteiger partial charge in [0.1, 0.15) is 17.8 Å². The Hall–Kier alpha value is -5.40. The van der Waals surface area contributed by atoms with Crippen molar-refractivity contribution in [1.29, 1.82) is 0 Å². The lowest BCUT2D eigenvalue weighted by Gasteiger charge is -2.19. The smallest absolute Gasteiger partial charge is 0.408 e. The summed E-state index contributed by atoms with van der Waals surface area (Å²) in [6.07, 6.45) is -0.252. The number of nitro groups is 1. The molecule has 14 heteroatoms. The second-order valence-electron chi connectivity index (χ2n) is 9.00. The van der Waals surface area contributed by atoms with Crippen molar-refractivity contribution in [3.05, 3.63) is 93.5 Å². The average molecular weight is 565 g/mol. The minimum atomic E-state index is -0.950. The summed E-state index contributed by atoms with van der Waals surface area (Å²) in [4.78, 5) is 46.9. The van der Waals surface area contributed by atoms with E-state index >= 15 is 0 Å². The topological polar surface area (TPSA) is 216 Å². The molecule has 3 aromatic rings. The third-order valence-electron chi connectivity index (χ3n) is 5.91. The monoisotopic (exact) mass is 564 g/mol. The number of hydrazone groups is 1. The van der Waals surface area contributed by atoms with Crippen molar-refractivity contribution < 1.29 is 24.2 Å². The second-order valence-corrected chi connectivity index (χ2v) is 9.00. The van der Waals surface area contributed by atoms with Crippen LogP contribution >= 0.6 is 0 Å². The largest absolute Gasteiger partial charge is 0.445 e. The Bertz CT molecular complexity index is 1400. The zero-order valence-electron chi connectivity index (χ0n) is 22.2. The summed E-state index contributed by atoms with van der Waals surface area (Å²) < 4.78 is 5.36. The number of ether oxygens (including phenoxy) is 1. The van der Waals surface area contributed by atoms with Gasteiger partial charge in [0.25, 0.3) is 5.96 Å². The molecular formula is C27H32N8O6. The van der Waals surface area contributed by atoms with Gasteiger partial charge in [-0.15, -0.1) is 0 Å². The molecule has 3 aromatic carbocycles. The minimum absolute atomic E-state index is 0.0113. The highest BCUT2D eigenvalue weighted by Crippen LogP contribution is 2.16. The summed E-state index contributed by atoms with van der Waals surface area (Å²) in [5.74, 6) is -0.813. The van der Waals surface area contributed by atoms with E-state index in [9.17, 15) is 24.5 Å². The van der Waals surface area contributed by atoms with Crippen LogP contribution in [0.25, 0.3) is 10.8 Å². The van der Waals surface area contributed by atoms with Crippen LogP contribution in [0.5, 0.6) is 0 Å². The fourth-order valence-corrected chi connectivity index (χ4v) is 3.85. The van der Waals surface area contributed by atoms with Crippen LogP contribution in [-0.4, -0.2) is 41.6 Å². The lowest BCUT2D eigenvalue weighted by molar-refractivity contribution is -0.485. The molecule has 0 saturated carbocycles. The van der Waals surface area contributed by atoms with E-state index in [-0.39, 0.29) is 38.6 Å². The van der Waals surface area contributed by atoms with Crippen LogP contribution in [-0.2, 0) is 29.2 Å². The first kappa shape index (κ1) is 30.1. The maximum Gasteiger partial charge on any atom is 0.408 e. The molecule has 0 radical (unpaired) electrons. The first-order valence-corrected chi connectivity index (χ1v) is 12.7. The fourth-order valence-electron chi connectivity index (χ4n) is 3.85. The summed E-state index contributed by atoms with van der Waals surface area (Å²) in [6, 6.07) is 19.1. The summed E-state index contributed by atoms with van der Waals surface area (Å²) in [5, 5.41) is 25.0. The number of nitrogens with zero attached hydrogens (tertiary/aromatic N) is 2. The molecule has 216 valence electrons. The molecule has 4 amide bonds. The van der Waals surface area contributed by atoms with Crippen LogP contribution in [0.15, 0.2) is 71.8 Å². The van der Waals surface area contributed by atoms with Gasteiger partial charge in [0, 0.05) is 19.6 Å². The lowest BCUT2D eigenvalue weighted by atomic mass is 10.1. The van der Waals surface area contributed by atoms with E-state index in [0.29, 0.717) is 6.42 Å². The molecule has 8 N–H and O–H groups in total. The number of hydrogen-bond acceptors (Lipinski definition) is 6. The Morgan fingerprint density at radius 1 is 0.878 bits per heavy atom. The van der Waals surface area contributed by atoms with E-state index < -0.39 is 29.1 Å². The molecule has 3 rings (SSSR count). The Labute approximate surface area is 235 Å². The molecule has 0 aliphatic carbocycles. The molecule has 0 aliphatic heterocycles. The maximum absolute atomic E-state index is 13.0. The van der Waals surface area contributed by atoms with E-state index in [1.165, 1.54) is 0 Å². The first-order chi connectivity index (χ1) is 19.7. The predicted molar refractivity (Wildman–Crippen MR) is 152 cm³/mol. The summed E-state index contributed by atoms with van der Waals surface area (Å²) in [5.41, 5.74) is 12.9. The van der Waals surface area contributed by atoms with Crippen molar-refractivity contribution in [2.45, 2.75) is 38.6 Å². The number of hydrogen-bond donors (Lipinski definition) is 6. The number of fused-ring (bicyclic) bond motifs is 1. The molecule has 14 nitrogen and oxygen atoms in total. The highest BCUT2D eigenvalue weighted by atomic mass is 16.7. The quantitative estimate of drug-likeness (QED) is 0.0590. The highest BCUT2D eigenvalue weighted by molar-refractivity contribution is 5.86. The van der Waals surface area contributed by atoms with Gasteiger partial charge < -0.3 is 37.5 Å². The van der Waals surface area contributed by atoms with Gasteiger partial charge >= 0.3 is 12.1 Å². The maximum atomic E-state index is 13.0. The zero-order valence-corrected chi connectivity index (χ0v) is 22.2. The predicted octanol–water partition coefficient (Wildman–Crippen LogP) is 1.80. The third-order valence-corrected chi connectivity index (χ3v) is 5.91. The summed E-state index contributed by atoms with van der Waals surface area (Å²) >= 11 is 0. The fraction of sp³-hybridized carbons (Fsp3) is 0.259. The molecule has 0 spiro atoms. The lowest BCUT2D eigenvalue weighted by Crippen LogP contribution is -2.47. The number of nitrogens with two attached hydrogens (primary N) is 2. The SMILES string of the molecule is NC(=O)NCc1ccc(CNC(=O)[C@@H](CCCNC(N)=N[N+](=O)[O-])NC(=O)OCc2ccc3ccccc3c2)cc1. The average Bonchev–Trinajstić information content (AvgIpc) is 2.95. The van der Waals surface area contributed by atoms with Gasteiger partial charge in [-0.1, -0.05) is 60.7 Å². The molecule has 41 heavy (non-hydrogen) atoms. The van der Waals surface area contributed by atoms with E-state index in [0.717, 1.165) is 27.5 Å². The number of nitrogens with one attached hydrogen (secondary N) is 4. The molecule has 0 fully saturated rings. The van der Waals surface area contributed by atoms with Gasteiger partial charge in [-0.05, 0) is 46.4 Å². The van der Waals surface area contributed by atoms with Crippen molar-refractivity contribution in [2.24, 2.45) is 16.6 Å². The van der Waals surface area contributed by atoms with E-state index in [2.05, 4.69) is 26.4 Å². The van der Waals surface area contributed by atoms with Gasteiger partial charge in [0.15, 0.2) is 5.03 Å². The van der Waals surface area contributed by atoms with E-state index in [4.69, 9.17) is 16.2 Å². The Morgan fingerprint density at radius 2 is 1.51 bits per heavy atom. The molecule has 0 aliphatic rings. The molecular weight excluding hydrogens is 532 g/mol. The number of primary amides is 1. The van der Waals surface area contributed by atoms with Crippen LogP contribution in [0, 0.1) is 10.1 Å². The van der Waals surface area contributed by atoms with Crippen molar-refractivity contribution in [3.63, 3.8) is 0 Å². The number of urea groups is 1. The van der Waals surface area contributed by atoms with Crippen molar-refractivity contribution >= 4 is 34.8 Å². The number of carbonyl (C=O) groups is 3. The molecule has 0 heterocycles. The Morgan fingerprint density at radius 3 is 2.17 bits per heavy atom. The Balaban J connectivity index is 1.56. The van der Waals surface area contributed by atoms with Crippen molar-refractivity contribution in [3.8, 4) is 0 Å². The first-order valence-electron chi connectivity index (χ1n) is 12.7. The van der Waals surface area contributed by atoms with Gasteiger partial charge in [0.2, 0.25) is 5.91 Å². The van der Waals surface area contributed by atoms with Crippen molar-refractivity contribution in [2.75, 3.05) is 6.54 Å². The number of guanidine groups is 1. The number of carbonyl (C=O) groups excluding carboxylic acids is 3. The molecule has 0 aromatic heterocycles. The van der Waals surface area contributed by atoms with Crippen LogP contribution in [0.1, 0.15) is 29.5 Å². The number of rotatable bonds is 13. The molecule has 0 bridgehead atoms. The molecule has 1 atom stereocenters. The van der Waals surface area contributed by atoms with Gasteiger partial charge in [-0.3, -0.25) is 4.79 Å². The van der Waals surface area contributed by atoms with Crippen LogP contribution in [0.4, 0.5) is 9.59 Å². The third kappa shape index (κ3) is 10.7. The number of alkyl carbamates (subject to hydrolysis) is 1. The second kappa shape index (κ2) is 15.3. The van der Waals surface area contributed by atoms with E-state index in [1.807, 2.05) is 42.5 Å². The van der Waals surface area contributed by atoms with Gasteiger partial charge in [-0.2, -0.15) is 0 Å². The van der Waals surface area contributed by atoms with Gasteiger partial charge in [0.05, 0.1) is 0 Å². The zero-order chi connectivity index (χ0) is 29.6. The Kier molecular flexibility index (Phi) is 11.2. The number of benzene rings is 3. The minimum Gasteiger partial charge on any atom is -0.445 e. The van der Waals surface area contributed by atoms with Crippen LogP contribution in [0.3, 0.4) is 0 Å². The standard InChI is InChI=1S/C27H32N8O6/c28-25(34-35(39)40)30-13-3-6-23(24(36)31-15-18-7-9-19(10-8-18)16-32-26(29)37)33-27(38)41-17-20-11-12-21-4-1-2-5-22(21)14-20/h1-2,4-5,7-12,14,23H,3,6,13,15-17H2,(H,31,36)(H,33,38)(H3,28,30,34)(H3,29,32,37)/t23-/m1/s1. The number of amides is 4. The summed E-state index contributed by atoms with van der Waals surface area (Å²) in [6.45, 7) is 0.659. The normalized spacial score (nSPS) is 11.8. The van der Waals surface area contributed by atoms with Crippen molar-refractivity contribution in [1.82, 2.24) is 21.3 Å². The molecule has 0 saturated heterocycles. The van der Waals surface area contributed by atoms with Crippen LogP contribution < -0.4 is 32.7 Å². The van der Waals surface area contributed by atoms with E-state index in [1.54, 1.807) is 24.3 Å². The summed E-state index contributed by atoms with van der Waals surface area (Å²) in [7, 11) is 0. The van der Waals surface area contributed by atoms with Gasteiger partial charge in [-0.25, -0.2) is 19.7 Å².